The highest BCUT2D eigenvalue weighted by Crippen LogP contribution is 2.23. The molecule has 1 aliphatic rings. The van der Waals surface area contributed by atoms with Crippen molar-refractivity contribution in [1.82, 2.24) is 25.0 Å². The third kappa shape index (κ3) is 3.44. The first-order valence-electron chi connectivity index (χ1n) is 7.31. The molecule has 0 saturated carbocycles. The maximum atomic E-state index is 13.0. The van der Waals surface area contributed by atoms with Crippen LogP contribution in [0.4, 0.5) is 0 Å². The van der Waals surface area contributed by atoms with E-state index >= 15 is 0 Å². The zero-order valence-electron chi connectivity index (χ0n) is 13.8. The molecule has 2 aromatic heterocycles. The number of nitrogens with one attached hydrogen (secondary N) is 1. The Hall–Kier alpha value is -1.37. The number of hydrogen-bond acceptors (Lipinski definition) is 4. The Kier molecular flexibility index (Phi) is 6.39. The van der Waals surface area contributed by atoms with Gasteiger partial charge in [-0.05, 0) is 26.8 Å². The third-order valence-corrected chi connectivity index (χ3v) is 4.09. The number of amides is 1. The van der Waals surface area contributed by atoms with Crippen LogP contribution in [0.5, 0.6) is 0 Å². The quantitative estimate of drug-likeness (QED) is 0.843. The van der Waals surface area contributed by atoms with E-state index in [4.69, 9.17) is 0 Å². The molecule has 0 spiro atoms. The van der Waals surface area contributed by atoms with Crippen LogP contribution in [0.3, 0.4) is 0 Å². The smallest absolute Gasteiger partial charge is 0.255 e. The topological polar surface area (TPSA) is 63.1 Å². The largest absolute Gasteiger partial charge is 0.333 e. The molecule has 2 aromatic rings. The fraction of sp³-hybridized carbons (Fsp3) is 0.533. The molecule has 1 amide bonds. The Balaban J connectivity index is 0.00000132. The van der Waals surface area contributed by atoms with E-state index in [0.717, 1.165) is 47.6 Å². The molecule has 23 heavy (non-hydrogen) atoms. The predicted molar refractivity (Wildman–Crippen MR) is 95.8 cm³/mol. The minimum Gasteiger partial charge on any atom is -0.333 e. The first-order chi connectivity index (χ1) is 9.99. The standard InChI is InChI=1S/C15H21N5O.2ClH/c1-9-7-12(13-11(3)18-19(4)14(13)17-9)15(21)20-6-5-16-8-10(20)2;;/h7,10,16H,5-6,8H2,1-4H3;2*1H/t10-;;/m1../s1. The number of halogens is 2. The Morgan fingerprint density at radius 3 is 2.70 bits per heavy atom. The highest BCUT2D eigenvalue weighted by molar-refractivity contribution is 6.06. The van der Waals surface area contributed by atoms with E-state index in [0.29, 0.717) is 0 Å². The molecule has 1 saturated heterocycles. The number of rotatable bonds is 1. The maximum Gasteiger partial charge on any atom is 0.255 e. The van der Waals surface area contributed by atoms with Crippen LogP contribution in [0.1, 0.15) is 28.7 Å². The molecule has 1 fully saturated rings. The second-order valence-electron chi connectivity index (χ2n) is 5.77. The van der Waals surface area contributed by atoms with Crippen molar-refractivity contribution in [3.63, 3.8) is 0 Å². The van der Waals surface area contributed by atoms with Crippen LogP contribution in [0.25, 0.3) is 11.0 Å². The maximum absolute atomic E-state index is 13.0. The Morgan fingerprint density at radius 1 is 1.35 bits per heavy atom. The summed E-state index contributed by atoms with van der Waals surface area (Å²) in [5.41, 5.74) is 3.19. The molecule has 0 aliphatic carbocycles. The van der Waals surface area contributed by atoms with Crippen LogP contribution in [0, 0.1) is 13.8 Å². The number of aromatic nitrogens is 3. The number of pyridine rings is 1. The first-order valence-corrected chi connectivity index (χ1v) is 7.31. The van der Waals surface area contributed by atoms with Crippen molar-refractivity contribution in [2.75, 3.05) is 19.6 Å². The number of carbonyl (C=O) groups excluding carboxylic acids is 1. The third-order valence-electron chi connectivity index (χ3n) is 4.09. The van der Waals surface area contributed by atoms with Gasteiger partial charge in [-0.2, -0.15) is 5.10 Å². The van der Waals surface area contributed by atoms with E-state index in [-0.39, 0.29) is 36.8 Å². The van der Waals surface area contributed by atoms with Crippen molar-refractivity contribution in [1.29, 1.82) is 0 Å². The highest BCUT2D eigenvalue weighted by Gasteiger charge is 2.27. The van der Waals surface area contributed by atoms with E-state index in [1.54, 1.807) is 4.68 Å². The minimum atomic E-state index is 0. The van der Waals surface area contributed by atoms with E-state index < -0.39 is 0 Å². The molecule has 0 bridgehead atoms. The zero-order chi connectivity index (χ0) is 15.1. The molecule has 6 nitrogen and oxygen atoms in total. The average molecular weight is 360 g/mol. The average Bonchev–Trinajstić information content (AvgIpc) is 2.73. The summed E-state index contributed by atoms with van der Waals surface area (Å²) in [4.78, 5) is 19.4. The normalized spacial score (nSPS) is 17.6. The van der Waals surface area contributed by atoms with Gasteiger partial charge in [0.05, 0.1) is 16.6 Å². The Morgan fingerprint density at radius 2 is 2.04 bits per heavy atom. The molecule has 128 valence electrons. The van der Waals surface area contributed by atoms with Gasteiger partial charge in [0, 0.05) is 38.4 Å². The lowest BCUT2D eigenvalue weighted by Crippen LogP contribution is -2.52. The summed E-state index contributed by atoms with van der Waals surface area (Å²) < 4.78 is 1.75. The second kappa shape index (κ2) is 7.47. The molecule has 1 aliphatic heterocycles. The minimum absolute atomic E-state index is 0. The van der Waals surface area contributed by atoms with Crippen molar-refractivity contribution in [3.8, 4) is 0 Å². The van der Waals surface area contributed by atoms with E-state index in [1.165, 1.54) is 0 Å². The molecular formula is C15H23Cl2N5O. The van der Waals surface area contributed by atoms with Gasteiger partial charge in [0.15, 0.2) is 5.65 Å². The Labute approximate surface area is 148 Å². The lowest BCUT2D eigenvalue weighted by molar-refractivity contribution is 0.0657. The SMILES string of the molecule is Cc1cc(C(=O)N2CCNC[C@H]2C)c2c(C)nn(C)c2n1.Cl.Cl. The fourth-order valence-corrected chi connectivity index (χ4v) is 3.04. The molecule has 8 heteroatoms. The van der Waals surface area contributed by atoms with E-state index in [2.05, 4.69) is 22.3 Å². The van der Waals surface area contributed by atoms with Gasteiger partial charge in [0.2, 0.25) is 0 Å². The number of aryl methyl sites for hydroxylation is 3. The molecular weight excluding hydrogens is 337 g/mol. The van der Waals surface area contributed by atoms with Crippen molar-refractivity contribution in [3.05, 3.63) is 23.0 Å². The molecule has 0 unspecified atom stereocenters. The van der Waals surface area contributed by atoms with Gasteiger partial charge in [-0.15, -0.1) is 24.8 Å². The van der Waals surface area contributed by atoms with E-state index in [9.17, 15) is 4.79 Å². The highest BCUT2D eigenvalue weighted by atomic mass is 35.5. The fourth-order valence-electron chi connectivity index (χ4n) is 3.04. The van der Waals surface area contributed by atoms with Crippen LogP contribution in [0.2, 0.25) is 0 Å². The van der Waals surface area contributed by atoms with Crippen LogP contribution in [0.15, 0.2) is 6.07 Å². The zero-order valence-corrected chi connectivity index (χ0v) is 15.4. The Bertz CT molecular complexity index is 715. The van der Waals surface area contributed by atoms with Crippen molar-refractivity contribution >= 4 is 41.8 Å². The number of hydrogen-bond donors (Lipinski definition) is 1. The van der Waals surface area contributed by atoms with Gasteiger partial charge in [-0.3, -0.25) is 9.48 Å². The van der Waals surface area contributed by atoms with Crippen molar-refractivity contribution in [2.45, 2.75) is 26.8 Å². The lowest BCUT2D eigenvalue weighted by atomic mass is 10.1. The molecule has 1 atom stereocenters. The van der Waals surface area contributed by atoms with Crippen LogP contribution in [-0.2, 0) is 7.05 Å². The van der Waals surface area contributed by atoms with Crippen molar-refractivity contribution in [2.24, 2.45) is 7.05 Å². The van der Waals surface area contributed by atoms with Gasteiger partial charge in [-0.1, -0.05) is 0 Å². The number of nitrogens with zero attached hydrogens (tertiary/aromatic N) is 4. The van der Waals surface area contributed by atoms with E-state index in [1.807, 2.05) is 31.9 Å². The van der Waals surface area contributed by atoms with Crippen LogP contribution >= 0.6 is 24.8 Å². The van der Waals surface area contributed by atoms with Crippen LogP contribution < -0.4 is 5.32 Å². The summed E-state index contributed by atoms with van der Waals surface area (Å²) in [5.74, 6) is 0.0793. The van der Waals surface area contributed by atoms with Gasteiger partial charge in [0.1, 0.15) is 0 Å². The van der Waals surface area contributed by atoms with Crippen molar-refractivity contribution < 1.29 is 4.79 Å². The summed E-state index contributed by atoms with van der Waals surface area (Å²) in [6.45, 7) is 8.34. The first kappa shape index (κ1) is 19.7. The van der Waals surface area contributed by atoms with Gasteiger partial charge in [0.25, 0.3) is 5.91 Å². The molecule has 0 aromatic carbocycles. The summed E-state index contributed by atoms with van der Waals surface area (Å²) in [6.07, 6.45) is 0. The number of piperazine rings is 1. The van der Waals surface area contributed by atoms with Crippen LogP contribution in [-0.4, -0.2) is 51.2 Å². The van der Waals surface area contributed by atoms with Gasteiger partial charge in [-0.25, -0.2) is 4.98 Å². The summed E-state index contributed by atoms with van der Waals surface area (Å²) in [6, 6.07) is 2.08. The van der Waals surface area contributed by atoms with Gasteiger partial charge < -0.3 is 10.2 Å². The number of carbonyl (C=O) groups is 1. The summed E-state index contributed by atoms with van der Waals surface area (Å²) in [7, 11) is 1.86. The monoisotopic (exact) mass is 359 g/mol. The second-order valence-corrected chi connectivity index (χ2v) is 5.77. The molecule has 3 heterocycles. The predicted octanol–water partition coefficient (Wildman–Crippen LogP) is 1.86. The lowest BCUT2D eigenvalue weighted by Gasteiger charge is -2.34. The molecule has 3 rings (SSSR count). The number of fused-ring (bicyclic) bond motifs is 1. The molecule has 0 radical (unpaired) electrons. The molecule has 1 N–H and O–H groups in total. The van der Waals surface area contributed by atoms with Gasteiger partial charge >= 0.3 is 0 Å². The summed E-state index contributed by atoms with van der Waals surface area (Å²) in [5, 5.41) is 8.60. The summed E-state index contributed by atoms with van der Waals surface area (Å²) >= 11 is 0.